The van der Waals surface area contributed by atoms with E-state index in [1.807, 2.05) is 31.2 Å². The summed E-state index contributed by atoms with van der Waals surface area (Å²) in [5.74, 6) is -0.454. The first-order chi connectivity index (χ1) is 14.6. The van der Waals surface area contributed by atoms with Gasteiger partial charge in [-0.05, 0) is 19.1 Å². The third kappa shape index (κ3) is 6.11. The molecule has 0 radical (unpaired) electrons. The van der Waals surface area contributed by atoms with E-state index in [9.17, 15) is 4.79 Å². The van der Waals surface area contributed by atoms with Gasteiger partial charge < -0.3 is 9.64 Å². The van der Waals surface area contributed by atoms with E-state index in [4.69, 9.17) is 4.74 Å². The number of rotatable bonds is 10. The van der Waals surface area contributed by atoms with E-state index in [1.54, 1.807) is 31.4 Å². The fourth-order valence-electron chi connectivity index (χ4n) is 3.97. The number of benzene rings is 2. The van der Waals surface area contributed by atoms with Crippen LogP contribution in [0.2, 0.25) is 0 Å². The molecule has 162 valence electrons. The number of piperazine rings is 1. The molecule has 0 spiro atoms. The maximum absolute atomic E-state index is 15.0. The first kappa shape index (κ1) is 22.4. The molecule has 0 amide bonds. The number of nitrogens with zero attached hydrogens (tertiary/aromatic N) is 2. The Morgan fingerprint density at radius 1 is 1.03 bits per heavy atom. The predicted molar refractivity (Wildman–Crippen MR) is 119 cm³/mol. The second-order valence-corrected chi connectivity index (χ2v) is 7.83. The predicted octanol–water partition coefficient (Wildman–Crippen LogP) is 3.37. The molecule has 5 nitrogen and oxygen atoms in total. The van der Waals surface area contributed by atoms with E-state index in [0.29, 0.717) is 12.2 Å². The van der Waals surface area contributed by atoms with Crippen LogP contribution < -0.4 is 10.2 Å². The van der Waals surface area contributed by atoms with Gasteiger partial charge in [-0.2, -0.15) is 0 Å². The van der Waals surface area contributed by atoms with Gasteiger partial charge in [-0.3, -0.25) is 15.0 Å². The summed E-state index contributed by atoms with van der Waals surface area (Å²) in [5.41, 5.74) is 1.62. The molecule has 2 aromatic rings. The first-order valence-electron chi connectivity index (χ1n) is 10.6. The molecule has 1 heterocycles. The lowest BCUT2D eigenvalue weighted by atomic mass is 10.0. The SMILES string of the molecule is COCC(C)NC(CC(F)C(=O)c1ccccc1)N1CCN(c2ccccc2)CC1. The van der Waals surface area contributed by atoms with Gasteiger partial charge >= 0.3 is 0 Å². The molecule has 1 saturated heterocycles. The molecule has 0 saturated carbocycles. The molecule has 0 aromatic heterocycles. The fraction of sp³-hybridized carbons (Fsp3) is 0.458. The van der Waals surface area contributed by atoms with E-state index in [2.05, 4.69) is 27.2 Å². The van der Waals surface area contributed by atoms with Crippen molar-refractivity contribution in [3.63, 3.8) is 0 Å². The first-order valence-corrected chi connectivity index (χ1v) is 10.6. The summed E-state index contributed by atoms with van der Waals surface area (Å²) >= 11 is 0. The van der Waals surface area contributed by atoms with E-state index >= 15 is 4.39 Å². The lowest BCUT2D eigenvalue weighted by Gasteiger charge is -2.41. The third-order valence-corrected chi connectivity index (χ3v) is 5.54. The van der Waals surface area contributed by atoms with Crippen LogP contribution in [0.4, 0.5) is 10.1 Å². The van der Waals surface area contributed by atoms with Crippen LogP contribution in [0.1, 0.15) is 23.7 Å². The van der Waals surface area contributed by atoms with Gasteiger partial charge in [0.2, 0.25) is 0 Å². The molecule has 0 bridgehead atoms. The van der Waals surface area contributed by atoms with Crippen molar-refractivity contribution in [3.8, 4) is 0 Å². The Labute approximate surface area is 178 Å². The smallest absolute Gasteiger partial charge is 0.197 e. The summed E-state index contributed by atoms with van der Waals surface area (Å²) in [6, 6.07) is 19.1. The Hall–Kier alpha value is -2.28. The lowest BCUT2D eigenvalue weighted by molar-refractivity contribution is 0.0705. The maximum Gasteiger partial charge on any atom is 0.197 e. The number of hydrogen-bond donors (Lipinski definition) is 1. The molecule has 3 atom stereocenters. The Morgan fingerprint density at radius 3 is 2.23 bits per heavy atom. The number of para-hydroxylation sites is 1. The van der Waals surface area contributed by atoms with Gasteiger partial charge in [-0.15, -0.1) is 0 Å². The molecule has 3 rings (SSSR count). The number of ketones is 1. The van der Waals surface area contributed by atoms with E-state index < -0.39 is 12.0 Å². The zero-order chi connectivity index (χ0) is 21.3. The highest BCUT2D eigenvalue weighted by Crippen LogP contribution is 2.19. The number of Topliss-reactive ketones (excluding diaryl/α,β-unsaturated/α-hetero) is 1. The minimum Gasteiger partial charge on any atom is -0.383 e. The van der Waals surface area contributed by atoms with Crippen molar-refractivity contribution in [1.29, 1.82) is 0 Å². The summed E-state index contributed by atoms with van der Waals surface area (Å²) in [5, 5.41) is 3.47. The van der Waals surface area contributed by atoms with E-state index in [0.717, 1.165) is 26.2 Å². The Bertz CT molecular complexity index is 767. The molecule has 1 aliphatic heterocycles. The number of halogens is 1. The number of ether oxygens (including phenoxy) is 1. The summed E-state index contributed by atoms with van der Waals surface area (Å²) in [4.78, 5) is 17.1. The van der Waals surface area contributed by atoms with Crippen LogP contribution >= 0.6 is 0 Å². The molecule has 3 unspecified atom stereocenters. The van der Waals surface area contributed by atoms with Crippen LogP contribution in [0.15, 0.2) is 60.7 Å². The van der Waals surface area contributed by atoms with Crippen molar-refractivity contribution in [1.82, 2.24) is 10.2 Å². The average molecular weight is 414 g/mol. The minimum absolute atomic E-state index is 0.0613. The van der Waals surface area contributed by atoms with Gasteiger partial charge in [0.15, 0.2) is 12.0 Å². The molecule has 1 fully saturated rings. The Balaban J connectivity index is 1.64. The molecule has 2 aromatic carbocycles. The number of methoxy groups -OCH3 is 1. The summed E-state index contributed by atoms with van der Waals surface area (Å²) in [6.45, 7) is 5.89. The Morgan fingerprint density at radius 2 is 1.63 bits per heavy atom. The molecular weight excluding hydrogens is 381 g/mol. The fourth-order valence-corrected chi connectivity index (χ4v) is 3.97. The third-order valence-electron chi connectivity index (χ3n) is 5.54. The van der Waals surface area contributed by atoms with Crippen molar-refractivity contribution in [2.45, 2.75) is 31.7 Å². The maximum atomic E-state index is 15.0. The van der Waals surface area contributed by atoms with Crippen molar-refractivity contribution >= 4 is 11.5 Å². The quantitative estimate of drug-likeness (QED) is 0.605. The topological polar surface area (TPSA) is 44.8 Å². The summed E-state index contributed by atoms with van der Waals surface area (Å²) in [6.07, 6.45) is -1.66. The van der Waals surface area contributed by atoms with Crippen LogP contribution in [0.5, 0.6) is 0 Å². The van der Waals surface area contributed by atoms with Crippen molar-refractivity contribution < 1.29 is 13.9 Å². The average Bonchev–Trinajstić information content (AvgIpc) is 2.79. The number of alkyl halides is 1. The molecular formula is C24H32FN3O2. The van der Waals surface area contributed by atoms with Crippen LogP contribution in [0.3, 0.4) is 0 Å². The summed E-state index contributed by atoms with van der Waals surface area (Å²) < 4.78 is 20.2. The van der Waals surface area contributed by atoms with Crippen LogP contribution in [0.25, 0.3) is 0 Å². The van der Waals surface area contributed by atoms with Crippen molar-refractivity contribution in [3.05, 3.63) is 66.2 Å². The highest BCUT2D eigenvalue weighted by Gasteiger charge is 2.30. The minimum atomic E-state index is -1.55. The number of carbonyl (C=O) groups excluding carboxylic acids is 1. The highest BCUT2D eigenvalue weighted by molar-refractivity contribution is 5.99. The number of carbonyl (C=O) groups is 1. The lowest BCUT2D eigenvalue weighted by Crippen LogP contribution is -2.57. The van der Waals surface area contributed by atoms with Gasteiger partial charge in [0.1, 0.15) is 0 Å². The zero-order valence-corrected chi connectivity index (χ0v) is 17.8. The van der Waals surface area contributed by atoms with Gasteiger partial charge in [0.05, 0.1) is 12.8 Å². The normalized spacial score (nSPS) is 18.0. The standard InChI is InChI=1S/C24H32FN3O2/c1-19(18-30-2)26-23(17-22(25)24(29)20-9-5-3-6-10-20)28-15-13-27(14-16-28)21-11-7-4-8-12-21/h3-12,19,22-23,26H,13-18H2,1-2H3. The number of hydrogen-bond acceptors (Lipinski definition) is 5. The van der Waals surface area contributed by atoms with Crippen LogP contribution in [-0.4, -0.2) is 69.0 Å². The van der Waals surface area contributed by atoms with E-state index in [-0.39, 0.29) is 18.6 Å². The van der Waals surface area contributed by atoms with Gasteiger partial charge in [-0.25, -0.2) is 4.39 Å². The second-order valence-electron chi connectivity index (χ2n) is 7.83. The Kier molecular flexibility index (Phi) is 8.37. The molecule has 1 N–H and O–H groups in total. The van der Waals surface area contributed by atoms with Crippen LogP contribution in [0, 0.1) is 0 Å². The second kappa shape index (κ2) is 11.2. The highest BCUT2D eigenvalue weighted by atomic mass is 19.1. The number of anilines is 1. The molecule has 30 heavy (non-hydrogen) atoms. The van der Waals surface area contributed by atoms with Gasteiger partial charge in [-0.1, -0.05) is 48.5 Å². The largest absolute Gasteiger partial charge is 0.383 e. The number of nitrogens with one attached hydrogen (secondary N) is 1. The van der Waals surface area contributed by atoms with Crippen LogP contribution in [-0.2, 0) is 4.74 Å². The monoisotopic (exact) mass is 413 g/mol. The molecule has 0 aliphatic carbocycles. The van der Waals surface area contributed by atoms with Gasteiger partial charge in [0, 0.05) is 57.0 Å². The van der Waals surface area contributed by atoms with Gasteiger partial charge in [0.25, 0.3) is 0 Å². The zero-order valence-electron chi connectivity index (χ0n) is 17.8. The molecule has 1 aliphatic rings. The van der Waals surface area contributed by atoms with Crippen molar-refractivity contribution in [2.24, 2.45) is 0 Å². The summed E-state index contributed by atoms with van der Waals surface area (Å²) in [7, 11) is 1.66. The van der Waals surface area contributed by atoms with Crippen molar-refractivity contribution in [2.75, 3.05) is 44.8 Å². The molecule has 6 heteroatoms. The van der Waals surface area contributed by atoms with E-state index in [1.165, 1.54) is 5.69 Å².